The summed E-state index contributed by atoms with van der Waals surface area (Å²) in [5.74, 6) is -0.242. The minimum atomic E-state index is -0.242. The fraction of sp³-hybridized carbons (Fsp3) is 0.167. The van der Waals surface area contributed by atoms with Gasteiger partial charge in [-0.05, 0) is 36.8 Å². The molecule has 0 saturated carbocycles. The molecule has 0 bridgehead atoms. The number of aryl methyl sites for hydroxylation is 1. The van der Waals surface area contributed by atoms with Gasteiger partial charge in [-0.1, -0.05) is 6.07 Å². The molecule has 78 valence electrons. The van der Waals surface area contributed by atoms with Gasteiger partial charge in [0.05, 0.1) is 6.61 Å². The summed E-state index contributed by atoms with van der Waals surface area (Å²) in [5, 5.41) is 8.99. The molecule has 0 aliphatic rings. The molecule has 2 rings (SSSR count). The zero-order valence-corrected chi connectivity index (χ0v) is 9.14. The Labute approximate surface area is 91.8 Å². The summed E-state index contributed by atoms with van der Waals surface area (Å²) in [6, 6.07) is 8.56. The smallest absolute Gasteiger partial charge is 0.131 e. The third kappa shape index (κ3) is 2.08. The van der Waals surface area contributed by atoms with Crippen LogP contribution in [0, 0.1) is 12.7 Å². The summed E-state index contributed by atoms with van der Waals surface area (Å²) < 4.78 is 13.5. The molecular formula is C12H11FOS. The highest BCUT2D eigenvalue weighted by Gasteiger charge is 2.07. The molecule has 0 radical (unpaired) electrons. The molecule has 0 unspecified atom stereocenters. The van der Waals surface area contributed by atoms with Crippen LogP contribution in [0.1, 0.15) is 10.4 Å². The molecule has 15 heavy (non-hydrogen) atoms. The minimum Gasteiger partial charge on any atom is -0.392 e. The first-order chi connectivity index (χ1) is 7.20. The molecule has 2 aromatic rings. The number of aliphatic hydroxyl groups is 1. The Morgan fingerprint density at radius 3 is 2.67 bits per heavy atom. The van der Waals surface area contributed by atoms with Crippen molar-refractivity contribution in [3.05, 3.63) is 46.6 Å². The average molecular weight is 222 g/mol. The molecule has 1 aromatic heterocycles. The molecule has 3 heteroatoms. The molecule has 0 aliphatic heterocycles. The van der Waals surface area contributed by atoms with Gasteiger partial charge in [0.15, 0.2) is 0 Å². The van der Waals surface area contributed by atoms with Crippen molar-refractivity contribution >= 4 is 11.3 Å². The van der Waals surface area contributed by atoms with E-state index >= 15 is 0 Å². The van der Waals surface area contributed by atoms with Gasteiger partial charge in [-0.3, -0.25) is 0 Å². The summed E-state index contributed by atoms with van der Waals surface area (Å²) in [4.78, 5) is 2.05. The highest BCUT2D eigenvalue weighted by molar-refractivity contribution is 7.15. The van der Waals surface area contributed by atoms with Gasteiger partial charge < -0.3 is 5.11 Å². The van der Waals surface area contributed by atoms with Gasteiger partial charge >= 0.3 is 0 Å². The van der Waals surface area contributed by atoms with E-state index in [4.69, 9.17) is 5.11 Å². The second-order valence-electron chi connectivity index (χ2n) is 3.38. The summed E-state index contributed by atoms with van der Waals surface area (Å²) >= 11 is 1.55. The number of hydrogen-bond acceptors (Lipinski definition) is 2. The third-order valence-corrected chi connectivity index (χ3v) is 3.25. The van der Waals surface area contributed by atoms with E-state index in [1.54, 1.807) is 23.5 Å². The number of halogens is 1. The zero-order chi connectivity index (χ0) is 10.8. The van der Waals surface area contributed by atoms with E-state index in [-0.39, 0.29) is 12.4 Å². The Balaban J connectivity index is 2.51. The number of thiophene rings is 1. The summed E-state index contributed by atoms with van der Waals surface area (Å²) in [5.41, 5.74) is 1.30. The van der Waals surface area contributed by atoms with E-state index < -0.39 is 0 Å². The second-order valence-corrected chi connectivity index (χ2v) is 4.67. The van der Waals surface area contributed by atoms with Crippen LogP contribution in [0.3, 0.4) is 0 Å². The number of aliphatic hydroxyl groups excluding tert-OH is 1. The quantitative estimate of drug-likeness (QED) is 0.826. The van der Waals surface area contributed by atoms with E-state index in [1.165, 1.54) is 6.07 Å². The minimum absolute atomic E-state index is 0.0579. The molecule has 0 aliphatic carbocycles. The summed E-state index contributed by atoms with van der Waals surface area (Å²) in [6.45, 7) is 1.93. The maximum absolute atomic E-state index is 13.5. The number of rotatable bonds is 2. The van der Waals surface area contributed by atoms with Gasteiger partial charge in [0.2, 0.25) is 0 Å². The topological polar surface area (TPSA) is 20.2 Å². The van der Waals surface area contributed by atoms with Crippen molar-refractivity contribution in [3.8, 4) is 10.4 Å². The maximum Gasteiger partial charge on any atom is 0.131 e. The maximum atomic E-state index is 13.5. The van der Waals surface area contributed by atoms with Gasteiger partial charge in [0.25, 0.3) is 0 Å². The Kier molecular flexibility index (Phi) is 2.84. The molecule has 0 fully saturated rings. The lowest BCUT2D eigenvalue weighted by Gasteiger charge is -2.02. The highest BCUT2D eigenvalue weighted by Crippen LogP contribution is 2.30. The fourth-order valence-corrected chi connectivity index (χ4v) is 2.32. The van der Waals surface area contributed by atoms with Crippen molar-refractivity contribution < 1.29 is 9.50 Å². The number of hydrogen-bond donors (Lipinski definition) is 1. The first kappa shape index (κ1) is 10.3. The summed E-state index contributed by atoms with van der Waals surface area (Å²) in [6.07, 6.45) is 0. The largest absolute Gasteiger partial charge is 0.392 e. The molecule has 0 amide bonds. The Morgan fingerprint density at radius 2 is 2.07 bits per heavy atom. The van der Waals surface area contributed by atoms with Crippen molar-refractivity contribution in [2.24, 2.45) is 0 Å². The zero-order valence-electron chi connectivity index (χ0n) is 8.33. The van der Waals surface area contributed by atoms with Crippen LogP contribution in [-0.4, -0.2) is 5.11 Å². The Bertz CT molecular complexity index is 476. The molecule has 0 spiro atoms. The van der Waals surface area contributed by atoms with Crippen LogP contribution >= 0.6 is 11.3 Å². The molecule has 1 aromatic carbocycles. The van der Waals surface area contributed by atoms with E-state index in [2.05, 4.69) is 0 Å². The molecule has 0 atom stereocenters. The van der Waals surface area contributed by atoms with Crippen LogP contribution in [-0.2, 0) is 6.61 Å². The average Bonchev–Trinajstić information content (AvgIpc) is 2.65. The van der Waals surface area contributed by atoms with Crippen LogP contribution < -0.4 is 0 Å². The highest BCUT2D eigenvalue weighted by atomic mass is 32.1. The predicted molar refractivity (Wildman–Crippen MR) is 60.4 cm³/mol. The SMILES string of the molecule is Cc1ccc(-c2cc(CO)ccc2F)s1. The van der Waals surface area contributed by atoms with Crippen LogP contribution in [0.15, 0.2) is 30.3 Å². The Morgan fingerprint density at radius 1 is 1.27 bits per heavy atom. The molecule has 1 N–H and O–H groups in total. The predicted octanol–water partition coefficient (Wildman–Crippen LogP) is 3.35. The van der Waals surface area contributed by atoms with E-state index in [0.29, 0.717) is 5.56 Å². The van der Waals surface area contributed by atoms with Gasteiger partial charge in [-0.25, -0.2) is 4.39 Å². The lowest BCUT2D eigenvalue weighted by molar-refractivity contribution is 0.282. The van der Waals surface area contributed by atoms with Gasteiger partial charge in [0.1, 0.15) is 5.82 Å². The van der Waals surface area contributed by atoms with Crippen molar-refractivity contribution in [1.29, 1.82) is 0 Å². The van der Waals surface area contributed by atoms with Gasteiger partial charge in [-0.15, -0.1) is 11.3 Å². The van der Waals surface area contributed by atoms with Gasteiger partial charge in [-0.2, -0.15) is 0 Å². The molecular weight excluding hydrogens is 211 g/mol. The van der Waals surface area contributed by atoms with Crippen LogP contribution in [0.2, 0.25) is 0 Å². The summed E-state index contributed by atoms with van der Waals surface area (Å²) in [7, 11) is 0. The normalized spacial score (nSPS) is 10.6. The first-order valence-corrected chi connectivity index (χ1v) is 5.48. The lowest BCUT2D eigenvalue weighted by Crippen LogP contribution is -1.87. The molecule has 1 heterocycles. The first-order valence-electron chi connectivity index (χ1n) is 4.67. The standard InChI is InChI=1S/C12H11FOS/c1-8-2-5-12(15-8)10-6-9(7-14)3-4-11(10)13/h2-6,14H,7H2,1H3. The monoisotopic (exact) mass is 222 g/mol. The van der Waals surface area contributed by atoms with E-state index in [0.717, 1.165) is 15.3 Å². The van der Waals surface area contributed by atoms with Gasteiger partial charge in [0, 0.05) is 15.3 Å². The van der Waals surface area contributed by atoms with Crippen molar-refractivity contribution in [2.45, 2.75) is 13.5 Å². The number of benzene rings is 1. The van der Waals surface area contributed by atoms with Crippen LogP contribution in [0.5, 0.6) is 0 Å². The van der Waals surface area contributed by atoms with E-state index in [9.17, 15) is 4.39 Å². The van der Waals surface area contributed by atoms with Crippen LogP contribution in [0.4, 0.5) is 4.39 Å². The van der Waals surface area contributed by atoms with Crippen molar-refractivity contribution in [1.82, 2.24) is 0 Å². The third-order valence-electron chi connectivity index (χ3n) is 2.22. The van der Waals surface area contributed by atoms with Crippen molar-refractivity contribution in [2.75, 3.05) is 0 Å². The van der Waals surface area contributed by atoms with Crippen LogP contribution in [0.25, 0.3) is 10.4 Å². The molecule has 0 saturated heterocycles. The van der Waals surface area contributed by atoms with E-state index in [1.807, 2.05) is 19.1 Å². The fourth-order valence-electron chi connectivity index (χ4n) is 1.44. The molecule has 1 nitrogen and oxygen atoms in total. The second kappa shape index (κ2) is 4.13. The van der Waals surface area contributed by atoms with Crippen molar-refractivity contribution in [3.63, 3.8) is 0 Å². The lowest BCUT2D eigenvalue weighted by atomic mass is 10.1. The Hall–Kier alpha value is -1.19.